The zero-order chi connectivity index (χ0) is 23.7. The summed E-state index contributed by atoms with van der Waals surface area (Å²) in [4.78, 5) is 33.2. The Kier molecular flexibility index (Phi) is 6.49. The second kappa shape index (κ2) is 9.69. The van der Waals surface area contributed by atoms with Crippen molar-refractivity contribution in [1.82, 2.24) is 14.3 Å². The van der Waals surface area contributed by atoms with Gasteiger partial charge in [-0.05, 0) is 43.5 Å². The van der Waals surface area contributed by atoms with Crippen LogP contribution in [0.3, 0.4) is 0 Å². The van der Waals surface area contributed by atoms with Crippen LogP contribution >= 0.6 is 24.0 Å². The number of aryl methyl sites for hydroxylation is 1. The molecule has 9 heteroatoms. The van der Waals surface area contributed by atoms with Crippen LogP contribution in [-0.2, 0) is 16.1 Å². The van der Waals surface area contributed by atoms with Gasteiger partial charge >= 0.3 is 0 Å². The zero-order valence-corrected chi connectivity index (χ0v) is 20.3. The number of hydrogen-bond donors (Lipinski definition) is 1. The number of anilines is 1. The van der Waals surface area contributed by atoms with Crippen LogP contribution in [0.2, 0.25) is 0 Å². The number of pyridine rings is 1. The molecule has 2 saturated heterocycles. The first-order valence-corrected chi connectivity index (χ1v) is 12.4. The number of carbonyl (C=O) groups is 1. The summed E-state index contributed by atoms with van der Waals surface area (Å²) in [5.41, 5.74) is 2.85. The fourth-order valence-electron chi connectivity index (χ4n) is 4.04. The quantitative estimate of drug-likeness (QED) is 0.412. The van der Waals surface area contributed by atoms with E-state index in [2.05, 4.69) is 10.3 Å². The number of carbonyl (C=O) groups excluding carboxylic acids is 1. The number of aromatic nitrogens is 2. The topological polar surface area (TPSA) is 75.9 Å². The minimum absolute atomic E-state index is 0.00143. The summed E-state index contributed by atoms with van der Waals surface area (Å²) in [6.45, 7) is 3.69. The van der Waals surface area contributed by atoms with Gasteiger partial charge in [0.1, 0.15) is 15.8 Å². The van der Waals surface area contributed by atoms with Gasteiger partial charge in [0.2, 0.25) is 0 Å². The lowest BCUT2D eigenvalue weighted by molar-refractivity contribution is -0.123. The molecular weight excluding hydrogens is 468 g/mol. The SMILES string of the molecule is Cc1ccc(CNc2nc3ccccn3c(=O)c2/C=C2\SC(=S)N(CC3CCCO3)C2=O)cc1. The van der Waals surface area contributed by atoms with Gasteiger partial charge in [0.05, 0.1) is 23.1 Å². The van der Waals surface area contributed by atoms with Gasteiger partial charge < -0.3 is 10.1 Å². The van der Waals surface area contributed by atoms with Gasteiger partial charge in [-0.1, -0.05) is 59.9 Å². The van der Waals surface area contributed by atoms with Crippen LogP contribution in [0, 0.1) is 6.92 Å². The van der Waals surface area contributed by atoms with Crippen molar-refractivity contribution in [3.63, 3.8) is 0 Å². The standard InChI is InChI=1S/C25H24N4O3S2/c1-16-7-9-17(10-8-16)14-26-22-19(23(30)28-11-3-2-6-21(28)27-22)13-20-24(31)29(25(33)34-20)15-18-5-4-12-32-18/h2-3,6-11,13,18,26H,4-5,12,14-15H2,1H3/b20-13-. The minimum atomic E-state index is -0.249. The summed E-state index contributed by atoms with van der Waals surface area (Å²) < 4.78 is 7.64. The summed E-state index contributed by atoms with van der Waals surface area (Å²) in [6.07, 6.45) is 5.20. The lowest BCUT2D eigenvalue weighted by Crippen LogP contribution is -2.35. The third-order valence-electron chi connectivity index (χ3n) is 5.91. The number of benzene rings is 1. The van der Waals surface area contributed by atoms with Crippen molar-refractivity contribution < 1.29 is 9.53 Å². The van der Waals surface area contributed by atoms with Crippen molar-refractivity contribution >= 4 is 51.7 Å². The molecule has 174 valence electrons. The van der Waals surface area contributed by atoms with E-state index in [-0.39, 0.29) is 17.6 Å². The van der Waals surface area contributed by atoms with Crippen LogP contribution in [0.25, 0.3) is 11.7 Å². The number of fused-ring (bicyclic) bond motifs is 1. The first-order chi connectivity index (χ1) is 16.5. The Hall–Kier alpha value is -3.01. The molecule has 5 rings (SSSR count). The predicted octanol–water partition coefficient (Wildman–Crippen LogP) is 4.00. The smallest absolute Gasteiger partial charge is 0.267 e. The third kappa shape index (κ3) is 4.64. The van der Waals surface area contributed by atoms with Crippen LogP contribution in [0.15, 0.2) is 58.4 Å². The maximum absolute atomic E-state index is 13.4. The van der Waals surface area contributed by atoms with E-state index in [9.17, 15) is 9.59 Å². The van der Waals surface area contributed by atoms with E-state index < -0.39 is 0 Å². The molecule has 1 N–H and O–H groups in total. The van der Waals surface area contributed by atoms with E-state index >= 15 is 0 Å². The van der Waals surface area contributed by atoms with E-state index in [1.54, 1.807) is 29.3 Å². The molecule has 1 atom stereocenters. The highest BCUT2D eigenvalue weighted by molar-refractivity contribution is 8.26. The van der Waals surface area contributed by atoms with E-state index in [0.29, 0.717) is 46.0 Å². The van der Waals surface area contributed by atoms with Crippen molar-refractivity contribution in [2.75, 3.05) is 18.5 Å². The van der Waals surface area contributed by atoms with Gasteiger partial charge in [-0.25, -0.2) is 4.98 Å². The second-order valence-electron chi connectivity index (χ2n) is 8.37. The fourth-order valence-corrected chi connectivity index (χ4v) is 5.30. The van der Waals surface area contributed by atoms with Gasteiger partial charge in [-0.2, -0.15) is 0 Å². The van der Waals surface area contributed by atoms with Crippen molar-refractivity contribution in [2.45, 2.75) is 32.4 Å². The van der Waals surface area contributed by atoms with E-state index in [1.165, 1.54) is 21.7 Å². The van der Waals surface area contributed by atoms with E-state index in [1.807, 2.05) is 37.3 Å². The molecule has 1 amide bonds. The molecule has 34 heavy (non-hydrogen) atoms. The van der Waals surface area contributed by atoms with Crippen LogP contribution in [-0.4, -0.2) is 43.8 Å². The molecule has 2 aliphatic heterocycles. The summed E-state index contributed by atoms with van der Waals surface area (Å²) in [7, 11) is 0. The largest absolute Gasteiger partial charge is 0.376 e. The van der Waals surface area contributed by atoms with E-state index in [4.69, 9.17) is 17.0 Å². The Morgan fingerprint density at radius 1 is 1.24 bits per heavy atom. The van der Waals surface area contributed by atoms with Crippen LogP contribution in [0.1, 0.15) is 29.5 Å². The molecule has 0 saturated carbocycles. The number of rotatable bonds is 6. The molecule has 7 nitrogen and oxygen atoms in total. The Morgan fingerprint density at radius 3 is 2.82 bits per heavy atom. The summed E-state index contributed by atoms with van der Waals surface area (Å²) in [5, 5.41) is 3.30. The molecule has 2 fully saturated rings. The highest BCUT2D eigenvalue weighted by Gasteiger charge is 2.35. The summed E-state index contributed by atoms with van der Waals surface area (Å²) in [6, 6.07) is 13.5. The lowest BCUT2D eigenvalue weighted by atomic mass is 10.1. The Balaban J connectivity index is 1.49. The fraction of sp³-hybridized carbons (Fsp3) is 0.280. The number of ether oxygens (including phenoxy) is 1. The molecular formula is C25H24N4O3S2. The number of amides is 1. The summed E-state index contributed by atoms with van der Waals surface area (Å²) >= 11 is 6.68. The van der Waals surface area contributed by atoms with Gasteiger partial charge in [0.15, 0.2) is 0 Å². The molecule has 0 bridgehead atoms. The second-order valence-corrected chi connectivity index (χ2v) is 10.1. The Morgan fingerprint density at radius 2 is 2.06 bits per heavy atom. The van der Waals surface area contributed by atoms with Crippen molar-refractivity contribution in [3.05, 3.63) is 80.6 Å². The van der Waals surface area contributed by atoms with Crippen molar-refractivity contribution in [1.29, 1.82) is 0 Å². The first kappa shape index (κ1) is 22.8. The average Bonchev–Trinajstić information content (AvgIpc) is 3.45. The molecule has 2 aliphatic rings. The molecule has 1 aromatic carbocycles. The molecule has 0 aliphatic carbocycles. The van der Waals surface area contributed by atoms with Crippen molar-refractivity contribution in [3.8, 4) is 0 Å². The number of thioether (sulfide) groups is 1. The van der Waals surface area contributed by atoms with Gasteiger partial charge in [-0.15, -0.1) is 0 Å². The molecule has 0 radical (unpaired) electrons. The lowest BCUT2D eigenvalue weighted by Gasteiger charge is -2.18. The normalized spacial score (nSPS) is 19.5. The van der Waals surface area contributed by atoms with Gasteiger partial charge in [0, 0.05) is 19.3 Å². The van der Waals surface area contributed by atoms with Crippen LogP contribution < -0.4 is 10.9 Å². The van der Waals surface area contributed by atoms with Gasteiger partial charge in [0.25, 0.3) is 11.5 Å². The van der Waals surface area contributed by atoms with Crippen LogP contribution in [0.4, 0.5) is 5.82 Å². The average molecular weight is 493 g/mol. The predicted molar refractivity (Wildman–Crippen MR) is 139 cm³/mol. The molecule has 4 heterocycles. The maximum atomic E-state index is 13.4. The number of nitrogens with zero attached hydrogens (tertiary/aromatic N) is 3. The molecule has 3 aromatic rings. The Bertz CT molecular complexity index is 1340. The first-order valence-electron chi connectivity index (χ1n) is 11.2. The summed E-state index contributed by atoms with van der Waals surface area (Å²) in [5.74, 6) is 0.230. The molecule has 2 aromatic heterocycles. The zero-order valence-electron chi connectivity index (χ0n) is 18.7. The van der Waals surface area contributed by atoms with Crippen LogP contribution in [0.5, 0.6) is 0 Å². The number of hydrogen-bond acceptors (Lipinski definition) is 7. The number of thiocarbonyl (C=S) groups is 1. The Labute approximate surface area is 206 Å². The third-order valence-corrected chi connectivity index (χ3v) is 7.29. The molecule has 0 spiro atoms. The van der Waals surface area contributed by atoms with E-state index in [0.717, 1.165) is 18.4 Å². The monoisotopic (exact) mass is 492 g/mol. The number of nitrogens with one attached hydrogen (secondary N) is 1. The minimum Gasteiger partial charge on any atom is -0.376 e. The van der Waals surface area contributed by atoms with Crippen molar-refractivity contribution in [2.24, 2.45) is 0 Å². The maximum Gasteiger partial charge on any atom is 0.267 e. The van der Waals surface area contributed by atoms with Gasteiger partial charge in [-0.3, -0.25) is 18.9 Å². The molecule has 1 unspecified atom stereocenters. The highest BCUT2D eigenvalue weighted by atomic mass is 32.2. The highest BCUT2D eigenvalue weighted by Crippen LogP contribution is 2.34.